The summed E-state index contributed by atoms with van der Waals surface area (Å²) in [6, 6.07) is 13.0. The minimum Gasteiger partial charge on any atom is -0.506 e. The summed E-state index contributed by atoms with van der Waals surface area (Å²) in [5, 5.41) is 12.5. The molecule has 11 heteroatoms. The lowest BCUT2D eigenvalue weighted by Crippen LogP contribution is -2.31. The van der Waals surface area contributed by atoms with Crippen molar-refractivity contribution in [2.45, 2.75) is 31.3 Å². The minimum atomic E-state index is -4.95. The first kappa shape index (κ1) is 27.0. The van der Waals surface area contributed by atoms with E-state index >= 15 is 0 Å². The number of aromatic hydroxyl groups is 1. The maximum absolute atomic E-state index is 13.1. The largest absolute Gasteiger partial charge is 0.506 e. The lowest BCUT2D eigenvalue weighted by atomic mass is 10.00. The normalized spacial score (nSPS) is 12.8. The molecule has 0 saturated carbocycles. The van der Waals surface area contributed by atoms with E-state index in [-0.39, 0.29) is 42.6 Å². The molecule has 1 atom stereocenters. The zero-order valence-electron chi connectivity index (χ0n) is 18.7. The first-order chi connectivity index (χ1) is 16.9. The molecule has 5 nitrogen and oxygen atoms in total. The number of pyridine rings is 1. The van der Waals surface area contributed by atoms with Crippen LogP contribution in [0.5, 0.6) is 5.75 Å². The molecule has 36 heavy (non-hydrogen) atoms. The number of hydrogen-bond donors (Lipinski definition) is 2. The molecule has 3 aromatic rings. The molecule has 0 radical (unpaired) electrons. The number of carbonyl (C=O) groups excluding carboxylic acids is 1. The van der Waals surface area contributed by atoms with E-state index in [0.717, 1.165) is 5.56 Å². The second kappa shape index (κ2) is 11.4. The van der Waals surface area contributed by atoms with E-state index in [1.54, 1.807) is 30.3 Å². The van der Waals surface area contributed by atoms with Crippen molar-refractivity contribution in [3.63, 3.8) is 0 Å². The van der Waals surface area contributed by atoms with Crippen molar-refractivity contribution in [2.75, 3.05) is 13.2 Å². The second-order valence-corrected chi connectivity index (χ2v) is 7.99. The van der Waals surface area contributed by atoms with Crippen LogP contribution in [0.2, 0.25) is 0 Å². The number of benzene rings is 2. The molecule has 0 bridgehead atoms. The van der Waals surface area contributed by atoms with Crippen LogP contribution in [0, 0.1) is 0 Å². The van der Waals surface area contributed by atoms with E-state index in [4.69, 9.17) is 4.74 Å². The first-order valence-corrected chi connectivity index (χ1v) is 10.7. The van der Waals surface area contributed by atoms with Gasteiger partial charge in [0.15, 0.2) is 0 Å². The molecule has 0 aliphatic heterocycles. The fourth-order valence-electron chi connectivity index (χ4n) is 3.44. The summed E-state index contributed by atoms with van der Waals surface area (Å²) in [6.45, 7) is -0.504. The molecule has 1 unspecified atom stereocenters. The van der Waals surface area contributed by atoms with Gasteiger partial charge in [0.2, 0.25) is 5.91 Å². The van der Waals surface area contributed by atoms with Crippen LogP contribution in [0.25, 0.3) is 0 Å². The lowest BCUT2D eigenvalue weighted by molar-refractivity contribution is -0.143. The van der Waals surface area contributed by atoms with Gasteiger partial charge in [-0.3, -0.25) is 9.78 Å². The number of ether oxygens (including phenoxy) is 1. The predicted molar refractivity (Wildman–Crippen MR) is 118 cm³/mol. The van der Waals surface area contributed by atoms with E-state index in [1.807, 2.05) is 0 Å². The van der Waals surface area contributed by atoms with Crippen molar-refractivity contribution in [3.05, 3.63) is 94.8 Å². The van der Waals surface area contributed by atoms with E-state index in [9.17, 15) is 36.2 Å². The second-order valence-electron chi connectivity index (χ2n) is 7.99. The molecule has 2 aromatic carbocycles. The number of alkyl halides is 6. The number of nitrogens with zero attached hydrogens (tertiary/aromatic N) is 1. The molecule has 0 spiro atoms. The van der Waals surface area contributed by atoms with Gasteiger partial charge in [-0.2, -0.15) is 26.3 Å². The summed E-state index contributed by atoms with van der Waals surface area (Å²) in [5.41, 5.74) is -2.18. The Balaban J connectivity index is 1.68. The highest BCUT2D eigenvalue weighted by Gasteiger charge is 2.36. The smallest absolute Gasteiger partial charge is 0.416 e. The fraction of sp³-hybridized carbons (Fsp3) is 0.280. The van der Waals surface area contributed by atoms with Crippen LogP contribution >= 0.6 is 0 Å². The third kappa shape index (κ3) is 7.70. The SMILES string of the molecule is O=C(Cc1ncccc1O)NCC(COCc1cc(C(F)(F)F)cc(C(F)(F)F)c1)c1ccccc1. The number of rotatable bonds is 9. The molecule has 0 fully saturated rings. The van der Waals surface area contributed by atoms with Crippen molar-refractivity contribution in [1.29, 1.82) is 0 Å². The highest BCUT2D eigenvalue weighted by molar-refractivity contribution is 5.78. The molecule has 192 valence electrons. The van der Waals surface area contributed by atoms with Gasteiger partial charge < -0.3 is 15.2 Å². The van der Waals surface area contributed by atoms with Crippen LogP contribution < -0.4 is 5.32 Å². The molecule has 3 rings (SSSR count). The van der Waals surface area contributed by atoms with Crippen molar-refractivity contribution in [2.24, 2.45) is 0 Å². The Morgan fingerprint density at radius 1 is 0.944 bits per heavy atom. The molecule has 0 aliphatic rings. The molecule has 2 N–H and O–H groups in total. The van der Waals surface area contributed by atoms with E-state index < -0.39 is 41.9 Å². The van der Waals surface area contributed by atoms with Crippen molar-refractivity contribution in [3.8, 4) is 5.75 Å². The zero-order chi connectivity index (χ0) is 26.3. The topological polar surface area (TPSA) is 71.5 Å². The molecular weight excluding hydrogens is 490 g/mol. The Labute approximate surface area is 202 Å². The summed E-state index contributed by atoms with van der Waals surface area (Å²) >= 11 is 0. The van der Waals surface area contributed by atoms with Gasteiger partial charge in [0.25, 0.3) is 0 Å². The summed E-state index contributed by atoms with van der Waals surface area (Å²) in [5.74, 6) is -1.01. The van der Waals surface area contributed by atoms with E-state index in [0.29, 0.717) is 12.1 Å². The number of amides is 1. The van der Waals surface area contributed by atoms with Gasteiger partial charge in [-0.1, -0.05) is 30.3 Å². The number of carbonyl (C=O) groups is 1. The van der Waals surface area contributed by atoms with Gasteiger partial charge in [0.1, 0.15) is 5.75 Å². The molecule has 1 aromatic heterocycles. The predicted octanol–water partition coefficient (Wildman–Crippen LogP) is 5.48. The molecule has 1 heterocycles. The van der Waals surface area contributed by atoms with Gasteiger partial charge in [-0.05, 0) is 41.5 Å². The van der Waals surface area contributed by atoms with Gasteiger partial charge in [0, 0.05) is 18.7 Å². The van der Waals surface area contributed by atoms with Crippen LogP contribution in [-0.2, 0) is 34.9 Å². The van der Waals surface area contributed by atoms with Gasteiger partial charge in [-0.25, -0.2) is 0 Å². The molecule has 1 amide bonds. The van der Waals surface area contributed by atoms with Crippen molar-refractivity contribution >= 4 is 5.91 Å². The van der Waals surface area contributed by atoms with Crippen LogP contribution in [-0.4, -0.2) is 29.1 Å². The summed E-state index contributed by atoms with van der Waals surface area (Å²) < 4.78 is 84.1. The van der Waals surface area contributed by atoms with Gasteiger partial charge in [0.05, 0.1) is 36.5 Å². The Hall–Kier alpha value is -3.60. The Morgan fingerprint density at radius 3 is 2.17 bits per heavy atom. The van der Waals surface area contributed by atoms with Crippen molar-refractivity contribution < 1.29 is 41.0 Å². The maximum atomic E-state index is 13.1. The van der Waals surface area contributed by atoms with Gasteiger partial charge >= 0.3 is 12.4 Å². The van der Waals surface area contributed by atoms with Crippen LogP contribution in [0.4, 0.5) is 26.3 Å². The first-order valence-electron chi connectivity index (χ1n) is 10.7. The van der Waals surface area contributed by atoms with Gasteiger partial charge in [-0.15, -0.1) is 0 Å². The Bertz CT molecular complexity index is 1130. The van der Waals surface area contributed by atoms with Crippen LogP contribution in [0.3, 0.4) is 0 Å². The summed E-state index contributed by atoms with van der Waals surface area (Å²) in [6.07, 6.45) is -8.65. The highest BCUT2D eigenvalue weighted by Crippen LogP contribution is 2.36. The number of nitrogens with one attached hydrogen (secondary N) is 1. The quantitative estimate of drug-likeness (QED) is 0.373. The molecule has 0 saturated heterocycles. The Kier molecular flexibility index (Phi) is 8.57. The number of hydrogen-bond acceptors (Lipinski definition) is 4. The van der Waals surface area contributed by atoms with E-state index in [1.165, 1.54) is 18.3 Å². The van der Waals surface area contributed by atoms with Crippen LogP contribution in [0.15, 0.2) is 66.9 Å². The average Bonchev–Trinajstić information content (AvgIpc) is 2.82. The highest BCUT2D eigenvalue weighted by atomic mass is 19.4. The lowest BCUT2D eigenvalue weighted by Gasteiger charge is -2.19. The summed E-state index contributed by atoms with van der Waals surface area (Å²) in [4.78, 5) is 16.3. The maximum Gasteiger partial charge on any atom is 0.416 e. The molecular formula is C25H22F6N2O3. The van der Waals surface area contributed by atoms with Crippen LogP contribution in [0.1, 0.15) is 33.9 Å². The molecule has 0 aliphatic carbocycles. The number of aromatic nitrogens is 1. The average molecular weight is 512 g/mol. The minimum absolute atomic E-state index is 0.0607. The number of halogens is 6. The zero-order valence-corrected chi connectivity index (χ0v) is 18.7. The summed E-state index contributed by atoms with van der Waals surface area (Å²) in [7, 11) is 0. The van der Waals surface area contributed by atoms with E-state index in [2.05, 4.69) is 10.3 Å². The third-order valence-corrected chi connectivity index (χ3v) is 5.25. The standard InChI is InChI=1S/C25H22F6N2O3/c26-24(27,28)19-9-16(10-20(11-19)25(29,30)31)14-36-15-18(17-5-2-1-3-6-17)13-33-23(35)12-21-22(34)7-4-8-32-21/h1-11,18,34H,12-15H2,(H,33,35). The Morgan fingerprint density at radius 2 is 1.58 bits per heavy atom. The third-order valence-electron chi connectivity index (χ3n) is 5.25. The van der Waals surface area contributed by atoms with Crippen molar-refractivity contribution in [1.82, 2.24) is 10.3 Å². The fourth-order valence-corrected chi connectivity index (χ4v) is 3.44. The monoisotopic (exact) mass is 512 g/mol.